The highest BCUT2D eigenvalue weighted by molar-refractivity contribution is 5.78. The number of aliphatic hydroxyl groups is 1. The Morgan fingerprint density at radius 1 is 1.39 bits per heavy atom. The van der Waals surface area contributed by atoms with Gasteiger partial charge in [-0.1, -0.05) is 37.3 Å². The van der Waals surface area contributed by atoms with E-state index in [0.29, 0.717) is 0 Å². The monoisotopic (exact) mass is 249 g/mol. The molecule has 1 aliphatic heterocycles. The normalized spacial score (nSPS) is 29.1. The zero-order valence-corrected chi connectivity index (χ0v) is 10.7. The van der Waals surface area contributed by atoms with Crippen LogP contribution in [0.25, 0.3) is 0 Å². The van der Waals surface area contributed by atoms with Crippen molar-refractivity contribution in [2.45, 2.75) is 32.0 Å². The number of esters is 1. The number of aliphatic hydroxyl groups excluding tert-OH is 1. The van der Waals surface area contributed by atoms with Crippen LogP contribution < -0.4 is 5.32 Å². The van der Waals surface area contributed by atoms with Crippen LogP contribution in [0.3, 0.4) is 0 Å². The SMILES string of the molecule is C[C@H]1[C@H](CO)OC(=O)[C@H]1N[C@@H](C)c1ccccc1. The molecule has 98 valence electrons. The van der Waals surface area contributed by atoms with Crippen molar-refractivity contribution in [1.29, 1.82) is 0 Å². The molecule has 0 aliphatic carbocycles. The Kier molecular flexibility index (Phi) is 3.99. The van der Waals surface area contributed by atoms with Gasteiger partial charge in [-0.15, -0.1) is 0 Å². The summed E-state index contributed by atoms with van der Waals surface area (Å²) in [5, 5.41) is 12.4. The highest BCUT2D eigenvalue weighted by Crippen LogP contribution is 2.24. The topological polar surface area (TPSA) is 58.6 Å². The number of cyclic esters (lactones) is 1. The van der Waals surface area contributed by atoms with Gasteiger partial charge in [-0.05, 0) is 12.5 Å². The minimum Gasteiger partial charge on any atom is -0.458 e. The van der Waals surface area contributed by atoms with Gasteiger partial charge in [-0.25, -0.2) is 0 Å². The first-order valence-electron chi connectivity index (χ1n) is 6.26. The largest absolute Gasteiger partial charge is 0.458 e. The zero-order valence-electron chi connectivity index (χ0n) is 10.7. The number of rotatable bonds is 4. The average molecular weight is 249 g/mol. The molecule has 1 heterocycles. The summed E-state index contributed by atoms with van der Waals surface area (Å²) in [6, 6.07) is 9.67. The molecule has 4 nitrogen and oxygen atoms in total. The fourth-order valence-corrected chi connectivity index (χ4v) is 2.29. The Morgan fingerprint density at radius 3 is 2.61 bits per heavy atom. The molecule has 4 atom stereocenters. The lowest BCUT2D eigenvalue weighted by Gasteiger charge is -2.21. The molecule has 0 spiro atoms. The smallest absolute Gasteiger partial charge is 0.323 e. The van der Waals surface area contributed by atoms with Gasteiger partial charge in [0.2, 0.25) is 0 Å². The van der Waals surface area contributed by atoms with Crippen molar-refractivity contribution in [3.63, 3.8) is 0 Å². The maximum Gasteiger partial charge on any atom is 0.323 e. The second-order valence-electron chi connectivity index (χ2n) is 4.79. The van der Waals surface area contributed by atoms with E-state index in [-0.39, 0.29) is 30.6 Å². The molecule has 0 amide bonds. The van der Waals surface area contributed by atoms with Crippen molar-refractivity contribution in [1.82, 2.24) is 5.32 Å². The van der Waals surface area contributed by atoms with Crippen LogP contribution >= 0.6 is 0 Å². The van der Waals surface area contributed by atoms with E-state index < -0.39 is 6.10 Å². The van der Waals surface area contributed by atoms with E-state index in [0.717, 1.165) is 5.56 Å². The number of carbonyl (C=O) groups is 1. The summed E-state index contributed by atoms with van der Waals surface area (Å²) in [4.78, 5) is 11.7. The number of nitrogens with one attached hydrogen (secondary N) is 1. The quantitative estimate of drug-likeness (QED) is 0.789. The Labute approximate surface area is 107 Å². The summed E-state index contributed by atoms with van der Waals surface area (Å²) >= 11 is 0. The van der Waals surface area contributed by atoms with Crippen LogP contribution in [0.5, 0.6) is 0 Å². The van der Waals surface area contributed by atoms with E-state index >= 15 is 0 Å². The molecule has 0 radical (unpaired) electrons. The molecular weight excluding hydrogens is 230 g/mol. The van der Waals surface area contributed by atoms with E-state index in [1.807, 2.05) is 44.2 Å². The lowest BCUT2D eigenvalue weighted by molar-refractivity contribution is -0.144. The third-order valence-corrected chi connectivity index (χ3v) is 3.54. The lowest BCUT2D eigenvalue weighted by atomic mass is 9.97. The summed E-state index contributed by atoms with van der Waals surface area (Å²) in [6.07, 6.45) is -0.391. The fourth-order valence-electron chi connectivity index (χ4n) is 2.29. The molecule has 0 saturated carbocycles. The Bertz CT molecular complexity index is 407. The maximum atomic E-state index is 11.7. The Morgan fingerprint density at radius 2 is 2.06 bits per heavy atom. The first-order valence-corrected chi connectivity index (χ1v) is 6.26. The number of hydrogen-bond donors (Lipinski definition) is 2. The molecule has 2 N–H and O–H groups in total. The third-order valence-electron chi connectivity index (χ3n) is 3.54. The van der Waals surface area contributed by atoms with Gasteiger partial charge in [0, 0.05) is 12.0 Å². The van der Waals surface area contributed by atoms with Crippen molar-refractivity contribution in [2.24, 2.45) is 5.92 Å². The fraction of sp³-hybridized carbons (Fsp3) is 0.500. The Hall–Kier alpha value is -1.39. The van der Waals surface area contributed by atoms with Crippen molar-refractivity contribution in [2.75, 3.05) is 6.61 Å². The lowest BCUT2D eigenvalue weighted by Crippen LogP contribution is -2.40. The molecule has 18 heavy (non-hydrogen) atoms. The number of carbonyl (C=O) groups excluding carboxylic acids is 1. The van der Waals surface area contributed by atoms with Gasteiger partial charge >= 0.3 is 5.97 Å². The van der Waals surface area contributed by atoms with Gasteiger partial charge < -0.3 is 9.84 Å². The second-order valence-corrected chi connectivity index (χ2v) is 4.79. The summed E-state index contributed by atoms with van der Waals surface area (Å²) < 4.78 is 5.12. The summed E-state index contributed by atoms with van der Waals surface area (Å²) in [7, 11) is 0. The van der Waals surface area contributed by atoms with E-state index in [1.165, 1.54) is 0 Å². The molecule has 1 fully saturated rings. The van der Waals surface area contributed by atoms with Crippen molar-refractivity contribution < 1.29 is 14.6 Å². The first-order chi connectivity index (χ1) is 8.63. The Balaban J connectivity index is 2.03. The third kappa shape index (κ3) is 2.54. The maximum absolute atomic E-state index is 11.7. The van der Waals surface area contributed by atoms with E-state index in [4.69, 9.17) is 9.84 Å². The van der Waals surface area contributed by atoms with Crippen molar-refractivity contribution in [3.8, 4) is 0 Å². The zero-order chi connectivity index (χ0) is 13.1. The van der Waals surface area contributed by atoms with Crippen molar-refractivity contribution >= 4 is 5.97 Å². The van der Waals surface area contributed by atoms with Gasteiger partial charge in [0.1, 0.15) is 12.1 Å². The molecule has 1 aliphatic rings. The van der Waals surface area contributed by atoms with Crippen LogP contribution in [-0.4, -0.2) is 29.8 Å². The predicted octanol–water partition coefficient (Wildman–Crippen LogP) is 1.26. The number of ether oxygens (including phenoxy) is 1. The van der Waals surface area contributed by atoms with Crippen LogP contribution in [0.1, 0.15) is 25.5 Å². The van der Waals surface area contributed by atoms with E-state index in [1.54, 1.807) is 0 Å². The molecule has 0 unspecified atom stereocenters. The molecule has 4 heteroatoms. The molecule has 0 aromatic heterocycles. The van der Waals surface area contributed by atoms with Gasteiger partial charge in [0.25, 0.3) is 0 Å². The van der Waals surface area contributed by atoms with Gasteiger partial charge in [0.05, 0.1) is 6.61 Å². The van der Waals surface area contributed by atoms with Crippen LogP contribution in [0.15, 0.2) is 30.3 Å². The average Bonchev–Trinajstić information content (AvgIpc) is 2.67. The van der Waals surface area contributed by atoms with E-state index in [2.05, 4.69) is 5.32 Å². The minimum absolute atomic E-state index is 0.0198. The molecule has 2 rings (SSSR count). The van der Waals surface area contributed by atoms with Crippen LogP contribution in [0.4, 0.5) is 0 Å². The summed E-state index contributed by atoms with van der Waals surface area (Å²) in [6.45, 7) is 3.81. The molecule has 1 aromatic carbocycles. The second kappa shape index (κ2) is 5.50. The van der Waals surface area contributed by atoms with Gasteiger partial charge in [-0.3, -0.25) is 10.1 Å². The molecular formula is C14H19NO3. The molecule has 1 aromatic rings. The summed E-state index contributed by atoms with van der Waals surface area (Å²) in [5.74, 6) is -0.294. The van der Waals surface area contributed by atoms with E-state index in [9.17, 15) is 4.79 Å². The summed E-state index contributed by atoms with van der Waals surface area (Å²) in [5.41, 5.74) is 1.13. The van der Waals surface area contributed by atoms with Crippen LogP contribution in [-0.2, 0) is 9.53 Å². The van der Waals surface area contributed by atoms with Crippen LogP contribution in [0, 0.1) is 5.92 Å². The van der Waals surface area contributed by atoms with Crippen LogP contribution in [0.2, 0.25) is 0 Å². The number of benzene rings is 1. The van der Waals surface area contributed by atoms with Gasteiger partial charge in [-0.2, -0.15) is 0 Å². The van der Waals surface area contributed by atoms with Gasteiger partial charge in [0.15, 0.2) is 0 Å². The highest BCUT2D eigenvalue weighted by Gasteiger charge is 2.41. The molecule has 0 bridgehead atoms. The predicted molar refractivity (Wildman–Crippen MR) is 67.9 cm³/mol. The standard InChI is InChI=1S/C14H19NO3/c1-9-12(8-16)18-14(17)13(9)15-10(2)11-6-4-3-5-7-11/h3-7,9-10,12-13,15-16H,8H2,1-2H3/t9-,10-,12-,13-/m0/s1. The highest BCUT2D eigenvalue weighted by atomic mass is 16.6. The first kappa shape index (κ1) is 13.1. The van der Waals surface area contributed by atoms with Crippen molar-refractivity contribution in [3.05, 3.63) is 35.9 Å². The minimum atomic E-state index is -0.391. The molecule has 1 saturated heterocycles. The number of hydrogen-bond acceptors (Lipinski definition) is 4.